The minimum Gasteiger partial charge on any atom is -0.507 e. The van der Waals surface area contributed by atoms with Crippen molar-refractivity contribution in [3.8, 4) is 5.75 Å². The Morgan fingerprint density at radius 2 is 2.26 bits per heavy atom. The van der Waals surface area contributed by atoms with Crippen LogP contribution in [-0.2, 0) is 13.6 Å². The van der Waals surface area contributed by atoms with E-state index in [2.05, 4.69) is 26.3 Å². The molecule has 0 fully saturated rings. The first-order chi connectivity index (χ1) is 8.97. The number of hydrogen-bond acceptors (Lipinski definition) is 3. The summed E-state index contributed by atoms with van der Waals surface area (Å²) in [6.45, 7) is 2.31. The lowest BCUT2D eigenvalue weighted by Crippen LogP contribution is -2.22. The Bertz CT molecular complexity index is 622. The SMILES string of the molecule is Cc1nn(C)cc1CNC(=O)c1ccc(Br)c(O)c1. The number of carbonyl (C=O) groups is 1. The van der Waals surface area contributed by atoms with Gasteiger partial charge in [-0.3, -0.25) is 9.48 Å². The number of nitrogens with zero attached hydrogens (tertiary/aromatic N) is 2. The molecule has 100 valence electrons. The summed E-state index contributed by atoms with van der Waals surface area (Å²) in [6.07, 6.45) is 1.87. The summed E-state index contributed by atoms with van der Waals surface area (Å²) in [6, 6.07) is 4.71. The molecule has 0 aliphatic carbocycles. The molecule has 0 aliphatic rings. The van der Waals surface area contributed by atoms with E-state index >= 15 is 0 Å². The van der Waals surface area contributed by atoms with Crippen molar-refractivity contribution < 1.29 is 9.90 Å². The van der Waals surface area contributed by atoms with Gasteiger partial charge in [0.1, 0.15) is 5.75 Å². The van der Waals surface area contributed by atoms with E-state index in [1.807, 2.05) is 20.2 Å². The van der Waals surface area contributed by atoms with Crippen molar-refractivity contribution in [2.45, 2.75) is 13.5 Å². The number of rotatable bonds is 3. The highest BCUT2D eigenvalue weighted by Gasteiger charge is 2.09. The van der Waals surface area contributed by atoms with Crippen molar-refractivity contribution in [2.24, 2.45) is 7.05 Å². The van der Waals surface area contributed by atoms with Gasteiger partial charge in [-0.1, -0.05) is 0 Å². The van der Waals surface area contributed by atoms with Crippen LogP contribution in [0.25, 0.3) is 0 Å². The lowest BCUT2D eigenvalue weighted by Gasteiger charge is -2.05. The summed E-state index contributed by atoms with van der Waals surface area (Å²) in [7, 11) is 1.84. The first-order valence-corrected chi connectivity index (χ1v) is 6.52. The van der Waals surface area contributed by atoms with Crippen molar-refractivity contribution in [1.82, 2.24) is 15.1 Å². The van der Waals surface area contributed by atoms with E-state index in [0.29, 0.717) is 16.6 Å². The molecule has 1 heterocycles. The van der Waals surface area contributed by atoms with Gasteiger partial charge in [-0.15, -0.1) is 0 Å². The monoisotopic (exact) mass is 323 g/mol. The smallest absolute Gasteiger partial charge is 0.251 e. The minimum absolute atomic E-state index is 0.0465. The van der Waals surface area contributed by atoms with E-state index in [0.717, 1.165) is 11.3 Å². The Labute approximate surface area is 119 Å². The normalized spacial score (nSPS) is 10.5. The average molecular weight is 324 g/mol. The lowest BCUT2D eigenvalue weighted by atomic mass is 10.2. The largest absolute Gasteiger partial charge is 0.507 e. The Kier molecular flexibility index (Phi) is 3.90. The van der Waals surface area contributed by atoms with Crippen molar-refractivity contribution in [2.75, 3.05) is 0 Å². The number of aromatic nitrogens is 2. The molecule has 2 rings (SSSR count). The molecular formula is C13H14BrN3O2. The summed E-state index contributed by atoms with van der Waals surface area (Å²) < 4.78 is 2.27. The fourth-order valence-electron chi connectivity index (χ4n) is 1.75. The molecule has 1 aromatic heterocycles. The molecule has 2 aromatic rings. The quantitative estimate of drug-likeness (QED) is 0.909. The zero-order valence-electron chi connectivity index (χ0n) is 10.6. The zero-order valence-corrected chi connectivity index (χ0v) is 12.2. The van der Waals surface area contributed by atoms with Gasteiger partial charge in [-0.2, -0.15) is 5.10 Å². The number of benzene rings is 1. The maximum absolute atomic E-state index is 11.9. The summed E-state index contributed by atoms with van der Waals surface area (Å²) in [5.41, 5.74) is 2.28. The summed E-state index contributed by atoms with van der Waals surface area (Å²) in [4.78, 5) is 11.9. The predicted octanol–water partition coefficient (Wildman–Crippen LogP) is 2.13. The Morgan fingerprint density at radius 1 is 1.53 bits per heavy atom. The highest BCUT2D eigenvalue weighted by molar-refractivity contribution is 9.10. The predicted molar refractivity (Wildman–Crippen MR) is 74.9 cm³/mol. The molecule has 2 N–H and O–H groups in total. The zero-order chi connectivity index (χ0) is 14.0. The van der Waals surface area contributed by atoms with E-state index in [4.69, 9.17) is 0 Å². The van der Waals surface area contributed by atoms with Gasteiger partial charge in [0.25, 0.3) is 5.91 Å². The van der Waals surface area contributed by atoms with Crippen LogP contribution in [0.5, 0.6) is 5.75 Å². The molecule has 19 heavy (non-hydrogen) atoms. The molecule has 0 aliphatic heterocycles. The second-order valence-corrected chi connectivity index (χ2v) is 5.12. The molecule has 6 heteroatoms. The number of carbonyl (C=O) groups excluding carboxylic acids is 1. The second kappa shape index (κ2) is 5.44. The maximum atomic E-state index is 11.9. The summed E-state index contributed by atoms with van der Waals surface area (Å²) >= 11 is 3.17. The van der Waals surface area contributed by atoms with Gasteiger partial charge in [0.2, 0.25) is 0 Å². The molecule has 0 saturated carbocycles. The van der Waals surface area contributed by atoms with Gasteiger partial charge in [-0.25, -0.2) is 0 Å². The standard InChI is InChI=1S/C13H14BrN3O2/c1-8-10(7-17(2)16-8)6-15-13(19)9-3-4-11(14)12(18)5-9/h3-5,7,18H,6H2,1-2H3,(H,15,19). The van der Waals surface area contributed by atoms with Gasteiger partial charge in [0, 0.05) is 30.9 Å². The first kappa shape index (κ1) is 13.6. The van der Waals surface area contributed by atoms with Gasteiger partial charge < -0.3 is 10.4 Å². The second-order valence-electron chi connectivity index (χ2n) is 4.26. The third kappa shape index (κ3) is 3.14. The minimum atomic E-state index is -0.231. The van der Waals surface area contributed by atoms with Crippen LogP contribution >= 0.6 is 15.9 Å². The van der Waals surface area contributed by atoms with Gasteiger partial charge in [0.05, 0.1) is 10.2 Å². The molecule has 5 nitrogen and oxygen atoms in total. The maximum Gasteiger partial charge on any atom is 0.251 e. The molecule has 1 aromatic carbocycles. The van der Waals surface area contributed by atoms with Gasteiger partial charge in [-0.05, 0) is 41.1 Å². The lowest BCUT2D eigenvalue weighted by molar-refractivity contribution is 0.0950. The van der Waals surface area contributed by atoms with Crippen LogP contribution in [0, 0.1) is 6.92 Å². The molecule has 0 unspecified atom stereocenters. The fraction of sp³-hybridized carbons (Fsp3) is 0.231. The van der Waals surface area contributed by atoms with E-state index < -0.39 is 0 Å². The number of hydrogen-bond donors (Lipinski definition) is 2. The van der Waals surface area contributed by atoms with Crippen LogP contribution in [0.3, 0.4) is 0 Å². The van der Waals surface area contributed by atoms with Crippen molar-refractivity contribution in [3.63, 3.8) is 0 Å². The van der Waals surface area contributed by atoms with Crippen molar-refractivity contribution in [1.29, 1.82) is 0 Å². The topological polar surface area (TPSA) is 67.2 Å². The number of nitrogens with one attached hydrogen (secondary N) is 1. The summed E-state index contributed by atoms with van der Waals surface area (Å²) in [5, 5.41) is 16.5. The third-order valence-electron chi connectivity index (χ3n) is 2.76. The molecule has 1 amide bonds. The molecule has 0 bridgehead atoms. The van der Waals surface area contributed by atoms with Crippen LogP contribution in [0.1, 0.15) is 21.6 Å². The molecule has 0 radical (unpaired) electrons. The Morgan fingerprint density at radius 3 is 2.84 bits per heavy atom. The Hall–Kier alpha value is -1.82. The average Bonchev–Trinajstić information content (AvgIpc) is 2.68. The van der Waals surface area contributed by atoms with Crippen LogP contribution in [-0.4, -0.2) is 20.8 Å². The number of amides is 1. The van der Waals surface area contributed by atoms with E-state index in [9.17, 15) is 9.90 Å². The van der Waals surface area contributed by atoms with Crippen LogP contribution in [0.4, 0.5) is 0 Å². The number of aryl methyl sites for hydroxylation is 2. The Balaban J connectivity index is 2.05. The highest BCUT2D eigenvalue weighted by Crippen LogP contribution is 2.24. The molecule has 0 spiro atoms. The fourth-order valence-corrected chi connectivity index (χ4v) is 2.00. The number of phenols is 1. The van der Waals surface area contributed by atoms with E-state index in [1.165, 1.54) is 6.07 Å². The number of halogens is 1. The van der Waals surface area contributed by atoms with Crippen LogP contribution in [0.15, 0.2) is 28.9 Å². The molecule has 0 saturated heterocycles. The molecular weight excluding hydrogens is 310 g/mol. The first-order valence-electron chi connectivity index (χ1n) is 5.73. The highest BCUT2D eigenvalue weighted by atomic mass is 79.9. The van der Waals surface area contributed by atoms with Crippen molar-refractivity contribution >= 4 is 21.8 Å². The van der Waals surface area contributed by atoms with Crippen LogP contribution < -0.4 is 5.32 Å². The van der Waals surface area contributed by atoms with Crippen LogP contribution in [0.2, 0.25) is 0 Å². The van der Waals surface area contributed by atoms with Gasteiger partial charge in [0.15, 0.2) is 0 Å². The van der Waals surface area contributed by atoms with Gasteiger partial charge >= 0.3 is 0 Å². The number of phenolic OH excluding ortho intramolecular Hbond substituents is 1. The summed E-state index contributed by atoms with van der Waals surface area (Å²) in [5.74, 6) is -0.184. The van der Waals surface area contributed by atoms with Crippen molar-refractivity contribution in [3.05, 3.63) is 45.7 Å². The van der Waals surface area contributed by atoms with E-state index in [1.54, 1.807) is 16.8 Å². The third-order valence-corrected chi connectivity index (χ3v) is 3.43. The number of aromatic hydroxyl groups is 1. The molecule has 0 atom stereocenters. The van der Waals surface area contributed by atoms with E-state index in [-0.39, 0.29) is 11.7 Å².